The van der Waals surface area contributed by atoms with Crippen LogP contribution in [0.1, 0.15) is 44.7 Å². The van der Waals surface area contributed by atoms with E-state index in [9.17, 15) is 0 Å². The largest absolute Gasteiger partial charge is 0.298 e. The fourth-order valence-corrected chi connectivity index (χ4v) is 2.87. The van der Waals surface area contributed by atoms with Crippen molar-refractivity contribution in [3.63, 3.8) is 0 Å². The predicted molar refractivity (Wildman–Crippen MR) is 71.7 cm³/mol. The summed E-state index contributed by atoms with van der Waals surface area (Å²) in [5, 5.41) is 0. The van der Waals surface area contributed by atoms with Gasteiger partial charge in [-0.15, -0.1) is 0 Å². The molecule has 2 heteroatoms. The molecule has 0 amide bonds. The summed E-state index contributed by atoms with van der Waals surface area (Å²) in [5.74, 6) is 0.981. The van der Waals surface area contributed by atoms with Crippen LogP contribution < -0.4 is 0 Å². The maximum absolute atomic E-state index is 4.40. The number of hydrogen-bond acceptors (Lipinski definition) is 2. The third-order valence-corrected chi connectivity index (χ3v) is 4.15. The van der Waals surface area contributed by atoms with Crippen molar-refractivity contribution in [1.82, 2.24) is 9.88 Å². The summed E-state index contributed by atoms with van der Waals surface area (Å²) in [6.45, 7) is 3.31. The molecule has 0 aromatic carbocycles. The van der Waals surface area contributed by atoms with Crippen molar-refractivity contribution in [2.24, 2.45) is 5.92 Å². The van der Waals surface area contributed by atoms with Gasteiger partial charge in [0.25, 0.3) is 0 Å². The van der Waals surface area contributed by atoms with Gasteiger partial charge >= 0.3 is 0 Å². The first-order valence-corrected chi connectivity index (χ1v) is 6.89. The highest BCUT2D eigenvalue weighted by Gasteiger charge is 2.22. The summed E-state index contributed by atoms with van der Waals surface area (Å²) in [5.41, 5.74) is 1.19. The second-order valence-electron chi connectivity index (χ2n) is 5.32. The van der Waals surface area contributed by atoms with Crippen LogP contribution in [0.4, 0.5) is 0 Å². The van der Waals surface area contributed by atoms with Crippen molar-refractivity contribution >= 4 is 0 Å². The minimum Gasteiger partial charge on any atom is -0.298 e. The first-order valence-electron chi connectivity index (χ1n) is 6.89. The van der Waals surface area contributed by atoms with E-state index in [1.807, 2.05) is 12.3 Å². The molecule has 0 bridgehead atoms. The Hall–Kier alpha value is -0.890. The first-order chi connectivity index (χ1) is 8.29. The van der Waals surface area contributed by atoms with Gasteiger partial charge in [0.2, 0.25) is 0 Å². The molecule has 2 nitrogen and oxygen atoms in total. The predicted octanol–water partition coefficient (Wildman–Crippen LogP) is 3.48. The van der Waals surface area contributed by atoms with Gasteiger partial charge in [0.1, 0.15) is 0 Å². The number of hydrogen-bond donors (Lipinski definition) is 0. The van der Waals surface area contributed by atoms with Crippen LogP contribution in [0.15, 0.2) is 24.4 Å². The van der Waals surface area contributed by atoms with Gasteiger partial charge in [-0.1, -0.05) is 19.4 Å². The van der Waals surface area contributed by atoms with Crippen LogP contribution in [0.3, 0.4) is 0 Å². The van der Waals surface area contributed by atoms with Crippen LogP contribution in [0.5, 0.6) is 0 Å². The van der Waals surface area contributed by atoms with Gasteiger partial charge in [0.05, 0.1) is 5.69 Å². The quantitative estimate of drug-likeness (QED) is 0.790. The lowest BCUT2D eigenvalue weighted by Crippen LogP contribution is -2.34. The van der Waals surface area contributed by atoms with Crippen LogP contribution in [-0.4, -0.2) is 23.0 Å². The van der Waals surface area contributed by atoms with Crippen molar-refractivity contribution in [2.75, 3.05) is 7.05 Å². The average molecular weight is 232 g/mol. The molecule has 1 aromatic rings. The van der Waals surface area contributed by atoms with Crippen molar-refractivity contribution in [2.45, 2.75) is 51.6 Å². The van der Waals surface area contributed by atoms with E-state index >= 15 is 0 Å². The molecule has 0 radical (unpaired) electrons. The monoisotopic (exact) mass is 232 g/mol. The molecular weight excluding hydrogens is 208 g/mol. The minimum atomic E-state index is 0.764. The molecular formula is C15H24N2. The highest BCUT2D eigenvalue weighted by molar-refractivity contribution is 5.03. The Morgan fingerprint density at radius 3 is 2.59 bits per heavy atom. The fourth-order valence-electron chi connectivity index (χ4n) is 2.87. The summed E-state index contributed by atoms with van der Waals surface area (Å²) >= 11 is 0. The molecule has 0 aliphatic heterocycles. The van der Waals surface area contributed by atoms with E-state index in [4.69, 9.17) is 0 Å². The fraction of sp³-hybridized carbons (Fsp3) is 0.667. The molecule has 0 saturated heterocycles. The molecule has 1 heterocycles. The van der Waals surface area contributed by atoms with Crippen molar-refractivity contribution in [3.05, 3.63) is 30.1 Å². The molecule has 1 aromatic heterocycles. The third kappa shape index (κ3) is 3.53. The van der Waals surface area contributed by atoms with Crippen LogP contribution in [-0.2, 0) is 6.54 Å². The van der Waals surface area contributed by atoms with Crippen LogP contribution in [0.25, 0.3) is 0 Å². The standard InChI is InChI=1S/C15H24N2/c1-3-13-7-9-15(10-8-13)17(2)12-14-6-4-5-11-16-14/h4-6,11,13,15H,3,7-10,12H2,1-2H3/t13-,15+. The van der Waals surface area contributed by atoms with Crippen molar-refractivity contribution < 1.29 is 0 Å². The van der Waals surface area contributed by atoms with Gasteiger partial charge in [-0.3, -0.25) is 9.88 Å². The second kappa shape index (κ2) is 6.15. The topological polar surface area (TPSA) is 16.1 Å². The summed E-state index contributed by atoms with van der Waals surface area (Å²) < 4.78 is 0. The molecule has 1 saturated carbocycles. The van der Waals surface area contributed by atoms with Crippen molar-refractivity contribution in [3.8, 4) is 0 Å². The average Bonchev–Trinajstić information content (AvgIpc) is 2.40. The zero-order valence-electron chi connectivity index (χ0n) is 11.1. The Kier molecular flexibility index (Phi) is 4.55. The lowest BCUT2D eigenvalue weighted by atomic mass is 9.84. The Morgan fingerprint density at radius 2 is 2.00 bits per heavy atom. The molecule has 1 aliphatic rings. The molecule has 1 aliphatic carbocycles. The molecule has 0 N–H and O–H groups in total. The van der Waals surface area contributed by atoms with E-state index < -0.39 is 0 Å². The van der Waals surface area contributed by atoms with Gasteiger partial charge in [0, 0.05) is 18.8 Å². The van der Waals surface area contributed by atoms with Gasteiger partial charge in [-0.25, -0.2) is 0 Å². The van der Waals surface area contributed by atoms with E-state index in [2.05, 4.69) is 36.0 Å². The van der Waals surface area contributed by atoms with E-state index in [1.54, 1.807) is 0 Å². The first kappa shape index (κ1) is 12.6. The molecule has 94 valence electrons. The van der Waals surface area contributed by atoms with E-state index in [1.165, 1.54) is 37.8 Å². The van der Waals surface area contributed by atoms with E-state index in [0.717, 1.165) is 18.5 Å². The zero-order valence-corrected chi connectivity index (χ0v) is 11.1. The third-order valence-electron chi connectivity index (χ3n) is 4.15. The minimum absolute atomic E-state index is 0.764. The Morgan fingerprint density at radius 1 is 1.24 bits per heavy atom. The van der Waals surface area contributed by atoms with Gasteiger partial charge < -0.3 is 0 Å². The van der Waals surface area contributed by atoms with Gasteiger partial charge in [0.15, 0.2) is 0 Å². The SMILES string of the molecule is CC[C@H]1CC[C@@H](N(C)Cc2ccccn2)CC1. The summed E-state index contributed by atoms with van der Waals surface area (Å²) in [6.07, 6.45) is 8.79. The normalized spacial score (nSPS) is 25.1. The van der Waals surface area contributed by atoms with Gasteiger partial charge in [-0.05, 0) is 50.8 Å². The highest BCUT2D eigenvalue weighted by Crippen LogP contribution is 2.29. The molecule has 0 unspecified atom stereocenters. The second-order valence-corrected chi connectivity index (χ2v) is 5.32. The Labute approximate surface area is 105 Å². The molecule has 0 atom stereocenters. The molecule has 17 heavy (non-hydrogen) atoms. The lowest BCUT2D eigenvalue weighted by Gasteiger charge is -2.34. The van der Waals surface area contributed by atoms with E-state index in [-0.39, 0.29) is 0 Å². The zero-order chi connectivity index (χ0) is 12.1. The maximum atomic E-state index is 4.40. The number of rotatable bonds is 4. The Bertz CT molecular complexity index is 315. The summed E-state index contributed by atoms with van der Waals surface area (Å²) in [6, 6.07) is 6.94. The smallest absolute Gasteiger partial charge is 0.0543 e. The molecule has 2 rings (SSSR count). The molecule has 0 spiro atoms. The van der Waals surface area contributed by atoms with Gasteiger partial charge in [-0.2, -0.15) is 0 Å². The summed E-state index contributed by atoms with van der Waals surface area (Å²) in [4.78, 5) is 6.88. The highest BCUT2D eigenvalue weighted by atomic mass is 15.1. The lowest BCUT2D eigenvalue weighted by molar-refractivity contribution is 0.156. The van der Waals surface area contributed by atoms with Crippen LogP contribution in [0, 0.1) is 5.92 Å². The molecule has 1 fully saturated rings. The van der Waals surface area contributed by atoms with Crippen molar-refractivity contribution in [1.29, 1.82) is 0 Å². The number of nitrogens with zero attached hydrogens (tertiary/aromatic N) is 2. The number of pyridine rings is 1. The van der Waals surface area contributed by atoms with E-state index in [0.29, 0.717) is 0 Å². The van der Waals surface area contributed by atoms with Crippen LogP contribution in [0.2, 0.25) is 0 Å². The summed E-state index contributed by atoms with van der Waals surface area (Å²) in [7, 11) is 2.24. The maximum Gasteiger partial charge on any atom is 0.0543 e. The van der Waals surface area contributed by atoms with Crippen LogP contribution >= 0.6 is 0 Å². The Balaban J connectivity index is 1.83. The number of aromatic nitrogens is 1.